The van der Waals surface area contributed by atoms with Crippen LogP contribution in [0.15, 0.2) is 24.3 Å². The van der Waals surface area contributed by atoms with Gasteiger partial charge in [-0.3, -0.25) is 0 Å². The lowest BCUT2D eigenvalue weighted by Gasteiger charge is -2.34. The first-order valence-corrected chi connectivity index (χ1v) is 6.52. The van der Waals surface area contributed by atoms with E-state index in [1.165, 1.54) is 24.8 Å². The van der Waals surface area contributed by atoms with Gasteiger partial charge in [0.05, 0.1) is 7.11 Å². The summed E-state index contributed by atoms with van der Waals surface area (Å²) >= 11 is 0. The molecule has 1 aromatic rings. The van der Waals surface area contributed by atoms with Crippen molar-refractivity contribution in [3.8, 4) is 5.75 Å². The number of hydrogen-bond donors (Lipinski definition) is 1. The van der Waals surface area contributed by atoms with Gasteiger partial charge in [0.25, 0.3) is 0 Å². The molecule has 0 aromatic heterocycles. The van der Waals surface area contributed by atoms with E-state index in [-0.39, 0.29) is 0 Å². The van der Waals surface area contributed by atoms with Gasteiger partial charge in [0.2, 0.25) is 0 Å². The first-order valence-electron chi connectivity index (χ1n) is 6.52. The Balaban J connectivity index is 2.38. The molecule has 2 unspecified atom stereocenters. The molecule has 2 atom stereocenters. The van der Waals surface area contributed by atoms with Crippen LogP contribution in [0.25, 0.3) is 0 Å². The van der Waals surface area contributed by atoms with Gasteiger partial charge in [-0.2, -0.15) is 0 Å². The van der Waals surface area contributed by atoms with E-state index in [1.54, 1.807) is 7.11 Å². The van der Waals surface area contributed by atoms with Crippen LogP contribution in [0.1, 0.15) is 31.7 Å². The van der Waals surface area contributed by atoms with Crippen LogP contribution >= 0.6 is 0 Å². The van der Waals surface area contributed by atoms with E-state index in [4.69, 9.17) is 4.74 Å². The molecular formula is C15H23NO. The molecule has 0 radical (unpaired) electrons. The van der Waals surface area contributed by atoms with E-state index in [2.05, 4.69) is 30.4 Å². The first-order chi connectivity index (χ1) is 8.23. The van der Waals surface area contributed by atoms with Crippen LogP contribution in [0.2, 0.25) is 0 Å². The van der Waals surface area contributed by atoms with Crippen molar-refractivity contribution in [1.82, 2.24) is 5.32 Å². The van der Waals surface area contributed by atoms with Gasteiger partial charge in [-0.1, -0.05) is 25.5 Å². The summed E-state index contributed by atoms with van der Waals surface area (Å²) in [6.45, 7) is 3.44. The highest BCUT2D eigenvalue weighted by atomic mass is 16.5. The Morgan fingerprint density at radius 2 is 2.29 bits per heavy atom. The average Bonchev–Trinajstić information content (AvgIpc) is 2.73. The van der Waals surface area contributed by atoms with Gasteiger partial charge in [0.1, 0.15) is 5.75 Å². The van der Waals surface area contributed by atoms with Crippen LogP contribution < -0.4 is 10.1 Å². The molecule has 2 rings (SSSR count). The van der Waals surface area contributed by atoms with Gasteiger partial charge in [-0.15, -0.1) is 0 Å². The fraction of sp³-hybridized carbons (Fsp3) is 0.600. The molecule has 0 spiro atoms. The Kier molecular flexibility index (Phi) is 3.72. The zero-order chi connectivity index (χ0) is 12.3. The molecule has 1 N–H and O–H groups in total. The maximum Gasteiger partial charge on any atom is 0.119 e. The summed E-state index contributed by atoms with van der Waals surface area (Å²) in [5.74, 6) is 1.71. The number of rotatable bonds is 4. The summed E-state index contributed by atoms with van der Waals surface area (Å²) in [7, 11) is 3.79. The second-order valence-electron chi connectivity index (χ2n) is 5.21. The molecule has 1 aromatic carbocycles. The van der Waals surface area contributed by atoms with Crippen LogP contribution in [-0.2, 0) is 5.41 Å². The largest absolute Gasteiger partial charge is 0.497 e. The van der Waals surface area contributed by atoms with E-state index in [0.717, 1.165) is 18.2 Å². The molecule has 1 aliphatic rings. The molecule has 94 valence electrons. The molecule has 2 nitrogen and oxygen atoms in total. The standard InChI is InChI=1S/C15H23NO/c1-12-6-5-9-15(12,11-16-2)13-7-4-8-14(10-13)17-3/h4,7-8,10,12,16H,5-6,9,11H2,1-3H3. The van der Waals surface area contributed by atoms with Crippen molar-refractivity contribution in [2.45, 2.75) is 31.6 Å². The SMILES string of the molecule is CNCC1(c2cccc(OC)c2)CCCC1C. The molecule has 0 heterocycles. The highest BCUT2D eigenvalue weighted by Crippen LogP contribution is 2.45. The van der Waals surface area contributed by atoms with Gasteiger partial charge in [-0.25, -0.2) is 0 Å². The molecule has 1 fully saturated rings. The Bertz CT molecular complexity index is 377. The van der Waals surface area contributed by atoms with Gasteiger partial charge in [0.15, 0.2) is 0 Å². The Hall–Kier alpha value is -1.02. The van der Waals surface area contributed by atoms with Crippen LogP contribution in [0.3, 0.4) is 0 Å². The Morgan fingerprint density at radius 3 is 2.88 bits per heavy atom. The molecule has 0 bridgehead atoms. The van der Waals surface area contributed by atoms with Crippen LogP contribution in [0, 0.1) is 5.92 Å². The summed E-state index contributed by atoms with van der Waals surface area (Å²) in [6, 6.07) is 8.59. The minimum Gasteiger partial charge on any atom is -0.497 e. The summed E-state index contributed by atoms with van der Waals surface area (Å²) in [5.41, 5.74) is 1.72. The topological polar surface area (TPSA) is 21.3 Å². The van der Waals surface area contributed by atoms with Crippen LogP contribution in [0.5, 0.6) is 5.75 Å². The minimum absolute atomic E-state index is 0.295. The number of methoxy groups -OCH3 is 1. The number of nitrogens with one attached hydrogen (secondary N) is 1. The van der Waals surface area contributed by atoms with E-state index < -0.39 is 0 Å². The fourth-order valence-electron chi connectivity index (χ4n) is 3.29. The van der Waals surface area contributed by atoms with Crippen molar-refractivity contribution in [2.75, 3.05) is 20.7 Å². The molecule has 17 heavy (non-hydrogen) atoms. The van der Waals surface area contributed by atoms with Crippen molar-refractivity contribution in [3.63, 3.8) is 0 Å². The number of hydrogen-bond acceptors (Lipinski definition) is 2. The van der Waals surface area contributed by atoms with Crippen molar-refractivity contribution >= 4 is 0 Å². The highest BCUT2D eigenvalue weighted by Gasteiger charge is 2.41. The first kappa shape index (κ1) is 12.4. The Morgan fingerprint density at radius 1 is 1.47 bits per heavy atom. The lowest BCUT2D eigenvalue weighted by molar-refractivity contribution is 0.324. The zero-order valence-corrected chi connectivity index (χ0v) is 11.1. The predicted octanol–water partition coefficient (Wildman–Crippen LogP) is 2.97. The van der Waals surface area contributed by atoms with Gasteiger partial charge < -0.3 is 10.1 Å². The fourth-order valence-corrected chi connectivity index (χ4v) is 3.29. The van der Waals surface area contributed by atoms with Crippen molar-refractivity contribution in [2.24, 2.45) is 5.92 Å². The smallest absolute Gasteiger partial charge is 0.119 e. The number of likely N-dealkylation sites (N-methyl/N-ethyl adjacent to an activating group) is 1. The summed E-state index contributed by atoms with van der Waals surface area (Å²) in [5, 5.41) is 3.38. The minimum atomic E-state index is 0.295. The van der Waals surface area contributed by atoms with Crippen molar-refractivity contribution < 1.29 is 4.74 Å². The second-order valence-corrected chi connectivity index (χ2v) is 5.21. The molecule has 1 saturated carbocycles. The van der Waals surface area contributed by atoms with E-state index in [1.807, 2.05) is 13.1 Å². The third kappa shape index (κ3) is 2.19. The predicted molar refractivity (Wildman–Crippen MR) is 71.6 cm³/mol. The van der Waals surface area contributed by atoms with E-state index in [0.29, 0.717) is 5.41 Å². The van der Waals surface area contributed by atoms with Crippen molar-refractivity contribution in [1.29, 1.82) is 0 Å². The van der Waals surface area contributed by atoms with E-state index >= 15 is 0 Å². The lowest BCUT2D eigenvalue weighted by atomic mass is 9.73. The van der Waals surface area contributed by atoms with Crippen molar-refractivity contribution in [3.05, 3.63) is 29.8 Å². The maximum atomic E-state index is 5.35. The third-order valence-corrected chi connectivity index (χ3v) is 4.34. The molecule has 0 saturated heterocycles. The third-order valence-electron chi connectivity index (χ3n) is 4.34. The molecule has 0 amide bonds. The molecule has 2 heteroatoms. The van der Waals surface area contributed by atoms with Crippen LogP contribution in [-0.4, -0.2) is 20.7 Å². The average molecular weight is 233 g/mol. The van der Waals surface area contributed by atoms with Crippen LogP contribution in [0.4, 0.5) is 0 Å². The summed E-state index contributed by atoms with van der Waals surface area (Å²) < 4.78 is 5.35. The quantitative estimate of drug-likeness (QED) is 0.863. The molecule has 1 aliphatic carbocycles. The van der Waals surface area contributed by atoms with E-state index in [9.17, 15) is 0 Å². The second kappa shape index (κ2) is 5.09. The Labute approximate surface area is 104 Å². The van der Waals surface area contributed by atoms with Gasteiger partial charge in [-0.05, 0) is 43.5 Å². The monoisotopic (exact) mass is 233 g/mol. The highest BCUT2D eigenvalue weighted by molar-refractivity contribution is 5.35. The number of ether oxygens (including phenoxy) is 1. The zero-order valence-electron chi connectivity index (χ0n) is 11.1. The lowest BCUT2D eigenvalue weighted by Crippen LogP contribution is -2.39. The molecular weight excluding hydrogens is 210 g/mol. The maximum absolute atomic E-state index is 5.35. The molecule has 0 aliphatic heterocycles. The normalized spacial score (nSPS) is 28.3. The van der Waals surface area contributed by atoms with Gasteiger partial charge >= 0.3 is 0 Å². The van der Waals surface area contributed by atoms with Gasteiger partial charge in [0, 0.05) is 12.0 Å². The number of benzene rings is 1. The summed E-state index contributed by atoms with van der Waals surface area (Å²) in [4.78, 5) is 0. The summed E-state index contributed by atoms with van der Waals surface area (Å²) in [6.07, 6.45) is 3.95.